The van der Waals surface area contributed by atoms with Gasteiger partial charge in [-0.3, -0.25) is 4.79 Å². The van der Waals surface area contributed by atoms with Gasteiger partial charge in [0.1, 0.15) is 11.5 Å². The molecule has 0 radical (unpaired) electrons. The van der Waals surface area contributed by atoms with Crippen LogP contribution < -0.4 is 15.1 Å². The molecular formula is C19H18ClN3O3. The van der Waals surface area contributed by atoms with E-state index in [1.165, 1.54) is 6.42 Å². The summed E-state index contributed by atoms with van der Waals surface area (Å²) in [6, 6.07) is 9.80. The smallest absolute Gasteiger partial charge is 0.333 e. The predicted octanol–water partition coefficient (Wildman–Crippen LogP) is 4.02. The van der Waals surface area contributed by atoms with Gasteiger partial charge < -0.3 is 14.6 Å². The van der Waals surface area contributed by atoms with Gasteiger partial charge in [-0.1, -0.05) is 17.7 Å². The van der Waals surface area contributed by atoms with E-state index in [0.29, 0.717) is 16.5 Å². The number of imide groups is 1. The van der Waals surface area contributed by atoms with Crippen LogP contribution in [0.25, 0.3) is 6.08 Å². The second-order valence-corrected chi connectivity index (χ2v) is 6.77. The molecule has 0 spiro atoms. The first-order chi connectivity index (χ1) is 12.6. The van der Waals surface area contributed by atoms with E-state index in [1.54, 1.807) is 36.4 Å². The third-order valence-electron chi connectivity index (χ3n) is 4.51. The monoisotopic (exact) mass is 371 g/mol. The Hall–Kier alpha value is -2.73. The van der Waals surface area contributed by atoms with Crippen LogP contribution in [-0.4, -0.2) is 25.0 Å². The second-order valence-electron chi connectivity index (χ2n) is 6.33. The molecule has 0 atom stereocenters. The predicted molar refractivity (Wildman–Crippen MR) is 100 cm³/mol. The van der Waals surface area contributed by atoms with Gasteiger partial charge in [-0.05, 0) is 43.5 Å². The minimum atomic E-state index is -0.508. The highest BCUT2D eigenvalue weighted by atomic mass is 35.5. The van der Waals surface area contributed by atoms with Gasteiger partial charge in [0.05, 0.1) is 5.69 Å². The van der Waals surface area contributed by atoms with E-state index in [2.05, 4.69) is 10.2 Å². The summed E-state index contributed by atoms with van der Waals surface area (Å²) in [5.74, 6) is 0.885. The molecule has 2 aliphatic rings. The Labute approximate surface area is 156 Å². The van der Waals surface area contributed by atoms with Crippen molar-refractivity contribution in [2.24, 2.45) is 0 Å². The molecule has 7 heteroatoms. The molecule has 2 aromatic rings. The number of benzene rings is 1. The molecule has 2 saturated heterocycles. The number of amides is 3. The fourth-order valence-electron chi connectivity index (χ4n) is 3.23. The van der Waals surface area contributed by atoms with Crippen molar-refractivity contribution in [1.29, 1.82) is 0 Å². The second kappa shape index (κ2) is 6.88. The van der Waals surface area contributed by atoms with Crippen LogP contribution in [0.2, 0.25) is 5.02 Å². The number of furan rings is 1. The first kappa shape index (κ1) is 16.7. The molecule has 1 aromatic carbocycles. The molecule has 26 heavy (non-hydrogen) atoms. The quantitative estimate of drug-likeness (QED) is 0.653. The molecule has 134 valence electrons. The van der Waals surface area contributed by atoms with Gasteiger partial charge in [-0.25, -0.2) is 9.69 Å². The largest absolute Gasteiger partial charge is 0.441 e. The Balaban J connectivity index is 1.56. The molecule has 1 aromatic heterocycles. The van der Waals surface area contributed by atoms with Gasteiger partial charge >= 0.3 is 6.03 Å². The molecular weight excluding hydrogens is 354 g/mol. The maximum Gasteiger partial charge on any atom is 0.333 e. The van der Waals surface area contributed by atoms with Gasteiger partial charge in [-0.15, -0.1) is 0 Å². The lowest BCUT2D eigenvalue weighted by Gasteiger charge is -2.25. The Morgan fingerprint density at radius 2 is 1.88 bits per heavy atom. The highest BCUT2D eigenvalue weighted by molar-refractivity contribution is 6.32. The first-order valence-corrected chi connectivity index (χ1v) is 8.97. The van der Waals surface area contributed by atoms with Crippen LogP contribution in [-0.2, 0) is 4.79 Å². The minimum absolute atomic E-state index is 0.175. The SMILES string of the molecule is O=C1N/C(=C/c2ccc(N3CCCCC3)o2)C(=O)N1c1cccc(Cl)c1. The number of anilines is 2. The van der Waals surface area contributed by atoms with Crippen molar-refractivity contribution < 1.29 is 14.0 Å². The fourth-order valence-corrected chi connectivity index (χ4v) is 3.42. The summed E-state index contributed by atoms with van der Waals surface area (Å²) in [5.41, 5.74) is 0.603. The Morgan fingerprint density at radius 3 is 2.65 bits per heavy atom. The van der Waals surface area contributed by atoms with Crippen LogP contribution in [0.15, 0.2) is 46.5 Å². The summed E-state index contributed by atoms with van der Waals surface area (Å²) in [7, 11) is 0. The van der Waals surface area contributed by atoms with Crippen molar-refractivity contribution in [2.75, 3.05) is 22.9 Å². The normalized spacial score (nSPS) is 19.3. The van der Waals surface area contributed by atoms with Crippen LogP contribution in [0.4, 0.5) is 16.4 Å². The van der Waals surface area contributed by atoms with E-state index in [1.807, 2.05) is 6.07 Å². The number of urea groups is 1. The van der Waals surface area contributed by atoms with E-state index in [0.717, 1.165) is 36.7 Å². The molecule has 6 nitrogen and oxygen atoms in total. The van der Waals surface area contributed by atoms with Crippen molar-refractivity contribution in [3.8, 4) is 0 Å². The summed E-state index contributed by atoms with van der Waals surface area (Å²) in [6.07, 6.45) is 5.10. The van der Waals surface area contributed by atoms with E-state index in [4.69, 9.17) is 16.0 Å². The number of piperidine rings is 1. The fraction of sp³-hybridized carbons (Fsp3) is 0.263. The molecule has 1 N–H and O–H groups in total. The molecule has 3 heterocycles. The lowest BCUT2D eigenvalue weighted by Crippen LogP contribution is -2.30. The topological polar surface area (TPSA) is 65.8 Å². The van der Waals surface area contributed by atoms with Gasteiger partial charge in [0.25, 0.3) is 5.91 Å². The molecule has 0 aliphatic carbocycles. The highest BCUT2D eigenvalue weighted by Crippen LogP contribution is 2.27. The molecule has 3 amide bonds. The number of halogens is 1. The Morgan fingerprint density at radius 1 is 1.08 bits per heavy atom. The zero-order chi connectivity index (χ0) is 18.1. The summed E-state index contributed by atoms with van der Waals surface area (Å²) in [6.45, 7) is 1.95. The highest BCUT2D eigenvalue weighted by Gasteiger charge is 2.35. The number of rotatable bonds is 3. The van der Waals surface area contributed by atoms with Crippen molar-refractivity contribution in [3.05, 3.63) is 52.9 Å². The Kier molecular flexibility index (Phi) is 4.42. The van der Waals surface area contributed by atoms with Crippen molar-refractivity contribution >= 4 is 41.2 Å². The van der Waals surface area contributed by atoms with E-state index < -0.39 is 11.9 Å². The number of hydrogen-bond donors (Lipinski definition) is 1. The van der Waals surface area contributed by atoms with Crippen LogP contribution in [0.5, 0.6) is 0 Å². The number of hydrogen-bond acceptors (Lipinski definition) is 4. The molecule has 0 bridgehead atoms. The van der Waals surface area contributed by atoms with Crippen molar-refractivity contribution in [1.82, 2.24) is 5.32 Å². The molecule has 0 saturated carbocycles. The summed E-state index contributed by atoms with van der Waals surface area (Å²) in [4.78, 5) is 28.1. The van der Waals surface area contributed by atoms with E-state index >= 15 is 0 Å². The van der Waals surface area contributed by atoms with E-state index in [9.17, 15) is 9.59 Å². The lowest BCUT2D eigenvalue weighted by molar-refractivity contribution is -0.113. The number of carbonyl (C=O) groups excluding carboxylic acids is 2. The standard InChI is InChI=1S/C19H18ClN3O3/c20-13-5-4-6-14(11-13)23-18(24)16(21-19(23)25)12-15-7-8-17(26-15)22-9-2-1-3-10-22/h4-8,11-12H,1-3,9-10H2,(H,21,25)/b16-12+. The zero-order valence-electron chi connectivity index (χ0n) is 14.1. The lowest BCUT2D eigenvalue weighted by atomic mass is 10.1. The Bertz CT molecular complexity index is 884. The first-order valence-electron chi connectivity index (χ1n) is 8.59. The van der Waals surface area contributed by atoms with Gasteiger partial charge in [-0.2, -0.15) is 0 Å². The van der Waals surface area contributed by atoms with E-state index in [-0.39, 0.29) is 5.70 Å². The third kappa shape index (κ3) is 3.20. The van der Waals surface area contributed by atoms with Crippen molar-refractivity contribution in [2.45, 2.75) is 19.3 Å². The molecule has 0 unspecified atom stereocenters. The number of nitrogens with zero attached hydrogens (tertiary/aromatic N) is 2. The third-order valence-corrected chi connectivity index (χ3v) is 4.75. The summed E-state index contributed by atoms with van der Waals surface area (Å²) >= 11 is 5.96. The number of carbonyl (C=O) groups is 2. The average Bonchev–Trinajstić information content (AvgIpc) is 3.21. The molecule has 4 rings (SSSR count). The number of nitrogens with one attached hydrogen (secondary N) is 1. The summed E-state index contributed by atoms with van der Waals surface area (Å²) in [5, 5.41) is 3.05. The van der Waals surface area contributed by atoms with Crippen LogP contribution in [0.1, 0.15) is 25.0 Å². The zero-order valence-corrected chi connectivity index (χ0v) is 14.8. The van der Waals surface area contributed by atoms with Gasteiger partial charge in [0.15, 0.2) is 5.88 Å². The van der Waals surface area contributed by atoms with Gasteiger partial charge in [0, 0.05) is 30.3 Å². The maximum atomic E-state index is 12.6. The molecule has 2 aliphatic heterocycles. The maximum absolute atomic E-state index is 12.6. The van der Waals surface area contributed by atoms with Crippen LogP contribution in [0, 0.1) is 0 Å². The summed E-state index contributed by atoms with van der Waals surface area (Å²) < 4.78 is 5.84. The van der Waals surface area contributed by atoms with Gasteiger partial charge in [0.2, 0.25) is 0 Å². The van der Waals surface area contributed by atoms with Crippen LogP contribution >= 0.6 is 11.6 Å². The average molecular weight is 372 g/mol. The minimum Gasteiger partial charge on any atom is -0.441 e. The van der Waals surface area contributed by atoms with Crippen molar-refractivity contribution in [3.63, 3.8) is 0 Å². The van der Waals surface area contributed by atoms with Crippen LogP contribution in [0.3, 0.4) is 0 Å². The molecule has 2 fully saturated rings.